The van der Waals surface area contributed by atoms with Crippen LogP contribution in [-0.2, 0) is 22.6 Å². The Hall–Kier alpha value is -3.66. The first-order chi connectivity index (χ1) is 16.5. The molecule has 3 aromatic carbocycles. The van der Waals surface area contributed by atoms with E-state index < -0.39 is 23.0 Å². The second-order valence-corrected chi connectivity index (χ2v) is 8.12. The fourth-order valence-corrected chi connectivity index (χ4v) is 4.13. The van der Waals surface area contributed by atoms with Gasteiger partial charge in [0.1, 0.15) is 5.82 Å². The van der Waals surface area contributed by atoms with Gasteiger partial charge in [0.15, 0.2) is 0 Å². The number of rotatable bonds is 9. The molecule has 0 aliphatic heterocycles. The quantitative estimate of drug-likeness (QED) is 0.287. The lowest BCUT2D eigenvalue weighted by Crippen LogP contribution is -2.30. The average molecular weight is 479 g/mol. The Morgan fingerprint density at radius 2 is 1.82 bits per heavy atom. The molecule has 174 valence electrons. The number of hydrogen-bond donors (Lipinski definition) is 1. The van der Waals surface area contributed by atoms with Gasteiger partial charge in [-0.15, -0.1) is 0 Å². The van der Waals surface area contributed by atoms with Crippen molar-refractivity contribution >= 4 is 39.5 Å². The minimum atomic E-state index is -2.81. The van der Waals surface area contributed by atoms with Crippen molar-refractivity contribution in [3.63, 3.8) is 0 Å². The largest absolute Gasteiger partial charge is 0.755 e. The van der Waals surface area contributed by atoms with E-state index in [2.05, 4.69) is 10.3 Å². The summed E-state index contributed by atoms with van der Waals surface area (Å²) in [5, 5.41) is 3.38. The van der Waals surface area contributed by atoms with Crippen molar-refractivity contribution in [2.75, 3.05) is 17.5 Å². The highest BCUT2D eigenvalue weighted by molar-refractivity contribution is 7.81. The van der Waals surface area contributed by atoms with Crippen molar-refractivity contribution in [3.8, 4) is 0 Å². The Kier molecular flexibility index (Phi) is 7.58. The Balaban J connectivity index is 1.55. The topological polar surface area (TPSA) is 94.6 Å². The lowest BCUT2D eigenvalue weighted by Gasteiger charge is -2.28. The Morgan fingerprint density at radius 1 is 1.03 bits per heavy atom. The number of nitrogens with zero attached hydrogens (tertiary/aromatic N) is 2. The van der Waals surface area contributed by atoms with Crippen molar-refractivity contribution in [1.29, 1.82) is 0 Å². The zero-order chi connectivity index (χ0) is 23.9. The molecule has 0 spiro atoms. The molecular weight excluding hydrogens is 457 g/mol. The van der Waals surface area contributed by atoms with E-state index in [4.69, 9.17) is 4.74 Å². The predicted molar refractivity (Wildman–Crippen MR) is 128 cm³/mol. The first-order valence-corrected chi connectivity index (χ1v) is 11.5. The predicted octanol–water partition coefficient (Wildman–Crippen LogP) is 4.25. The third-order valence-electron chi connectivity index (χ3n) is 5.04. The van der Waals surface area contributed by atoms with Crippen molar-refractivity contribution in [3.05, 3.63) is 102 Å². The zero-order valence-corrected chi connectivity index (χ0v) is 18.8. The number of anilines is 2. The summed E-state index contributed by atoms with van der Waals surface area (Å²) in [7, 11) is 0. The van der Waals surface area contributed by atoms with Crippen LogP contribution in [0.25, 0.3) is 10.9 Å². The van der Waals surface area contributed by atoms with Gasteiger partial charge in [0.05, 0.1) is 46.9 Å². The van der Waals surface area contributed by atoms with Crippen LogP contribution in [0.4, 0.5) is 15.8 Å². The van der Waals surface area contributed by atoms with Crippen LogP contribution in [-0.4, -0.2) is 32.8 Å². The summed E-state index contributed by atoms with van der Waals surface area (Å²) in [5.41, 5.74) is 1.56. The maximum Gasteiger partial charge on any atom is 0.253 e. The van der Waals surface area contributed by atoms with Gasteiger partial charge in [0.2, 0.25) is 0 Å². The summed E-state index contributed by atoms with van der Waals surface area (Å²) >= 11 is -2.81. The minimum Gasteiger partial charge on any atom is -0.755 e. The van der Waals surface area contributed by atoms with Gasteiger partial charge in [0, 0.05) is 18.1 Å². The summed E-state index contributed by atoms with van der Waals surface area (Å²) in [6, 6.07) is 21.5. The summed E-state index contributed by atoms with van der Waals surface area (Å²) < 4.78 is 45.1. The van der Waals surface area contributed by atoms with Crippen molar-refractivity contribution in [2.24, 2.45) is 0 Å². The van der Waals surface area contributed by atoms with Crippen LogP contribution < -0.4 is 9.62 Å². The normalized spacial score (nSPS) is 11.8. The minimum absolute atomic E-state index is 0.00981. The van der Waals surface area contributed by atoms with Gasteiger partial charge in [-0.05, 0) is 35.9 Å². The van der Waals surface area contributed by atoms with Crippen molar-refractivity contribution < 1.29 is 22.7 Å². The highest BCUT2D eigenvalue weighted by Gasteiger charge is 2.21. The lowest BCUT2D eigenvalue weighted by molar-refractivity contribution is 0.0901. The van der Waals surface area contributed by atoms with Crippen molar-refractivity contribution in [1.82, 2.24) is 10.3 Å². The number of carbonyl (C=O) groups excluding carboxylic acids is 1. The number of nitrogens with one attached hydrogen (secondary N) is 1. The molecule has 1 atom stereocenters. The van der Waals surface area contributed by atoms with E-state index in [-0.39, 0.29) is 30.1 Å². The average Bonchev–Trinajstić information content (AvgIpc) is 2.85. The van der Waals surface area contributed by atoms with E-state index in [0.29, 0.717) is 12.1 Å². The summed E-state index contributed by atoms with van der Waals surface area (Å²) in [4.78, 5) is 17.2. The van der Waals surface area contributed by atoms with Crippen LogP contribution in [0.15, 0.2) is 85.1 Å². The van der Waals surface area contributed by atoms with Crippen LogP contribution in [0.1, 0.15) is 15.9 Å². The van der Waals surface area contributed by atoms with Crippen molar-refractivity contribution in [2.45, 2.75) is 6.61 Å². The van der Waals surface area contributed by atoms with Crippen LogP contribution in [0, 0.1) is 5.82 Å². The highest BCUT2D eigenvalue weighted by atomic mass is 32.2. The molecule has 0 aliphatic rings. The molecule has 34 heavy (non-hydrogen) atoms. The van der Waals surface area contributed by atoms with Crippen LogP contribution in [0.2, 0.25) is 0 Å². The van der Waals surface area contributed by atoms with Gasteiger partial charge >= 0.3 is 0 Å². The lowest BCUT2D eigenvalue weighted by atomic mass is 10.1. The molecule has 0 saturated heterocycles. The van der Waals surface area contributed by atoms with E-state index in [1.165, 1.54) is 6.07 Å². The van der Waals surface area contributed by atoms with Gasteiger partial charge in [-0.3, -0.25) is 18.3 Å². The summed E-state index contributed by atoms with van der Waals surface area (Å²) in [5.74, 6) is -1.29. The van der Waals surface area contributed by atoms with E-state index in [0.717, 1.165) is 27.4 Å². The first-order valence-electron chi connectivity index (χ1n) is 10.5. The number of halogens is 1. The number of benzene rings is 3. The molecule has 1 aromatic heterocycles. The number of carbonyl (C=O) groups is 1. The standard InChI is InChI=1S/C25H22FN3O4S/c26-20-11-12-22(29(34(31)32)23-10-4-8-19-9-5-13-27-24(19)23)21(16-20)25(30)28-14-15-33-17-18-6-2-1-3-7-18/h1-13,16H,14-15,17H2,(H,28,30)(H,31,32)/p-1. The number of pyridine rings is 1. The number of ether oxygens (including phenoxy) is 1. The molecule has 0 aliphatic carbocycles. The molecule has 1 heterocycles. The highest BCUT2D eigenvalue weighted by Crippen LogP contribution is 2.34. The van der Waals surface area contributed by atoms with Gasteiger partial charge < -0.3 is 14.6 Å². The van der Waals surface area contributed by atoms with Gasteiger partial charge in [-0.25, -0.2) is 4.39 Å². The molecule has 4 aromatic rings. The summed E-state index contributed by atoms with van der Waals surface area (Å²) in [6.07, 6.45) is 1.55. The monoisotopic (exact) mass is 478 g/mol. The molecule has 0 bridgehead atoms. The fraction of sp³-hybridized carbons (Fsp3) is 0.120. The number of amides is 1. The van der Waals surface area contributed by atoms with Gasteiger partial charge in [0.25, 0.3) is 5.91 Å². The maximum atomic E-state index is 14.1. The molecule has 4 rings (SSSR count). The second kappa shape index (κ2) is 11.0. The maximum absolute atomic E-state index is 14.1. The molecule has 1 unspecified atom stereocenters. The molecule has 9 heteroatoms. The van der Waals surface area contributed by atoms with Gasteiger partial charge in [-0.2, -0.15) is 0 Å². The number of hydrogen-bond acceptors (Lipinski definition) is 5. The van der Waals surface area contributed by atoms with E-state index >= 15 is 0 Å². The summed E-state index contributed by atoms with van der Waals surface area (Å²) in [6.45, 7) is 0.784. The molecule has 0 fully saturated rings. The molecule has 0 saturated carbocycles. The second-order valence-electron chi connectivity index (χ2n) is 7.32. The van der Waals surface area contributed by atoms with E-state index in [1.54, 1.807) is 36.5 Å². The first kappa shape index (κ1) is 23.5. The molecular formula is C25H21FN3O4S-. The fourth-order valence-electron chi connectivity index (χ4n) is 3.51. The zero-order valence-electron chi connectivity index (χ0n) is 18.0. The Labute approximate surface area is 198 Å². The van der Waals surface area contributed by atoms with E-state index in [9.17, 15) is 17.9 Å². The van der Waals surface area contributed by atoms with E-state index in [1.807, 2.05) is 30.3 Å². The number of aromatic nitrogens is 1. The molecule has 7 nitrogen and oxygen atoms in total. The van der Waals surface area contributed by atoms with Crippen LogP contribution in [0.3, 0.4) is 0 Å². The number of para-hydroxylation sites is 1. The molecule has 1 amide bonds. The van der Waals surface area contributed by atoms with Crippen LogP contribution in [0.5, 0.6) is 0 Å². The molecule has 0 radical (unpaired) electrons. The Morgan fingerprint density at radius 3 is 2.62 bits per heavy atom. The molecule has 1 N–H and O–H groups in total. The SMILES string of the molecule is O=C(NCCOCc1ccccc1)c1cc(F)ccc1N(c1cccc2cccnc12)S(=O)[O-]. The number of fused-ring (bicyclic) bond motifs is 1. The Bertz CT molecular complexity index is 1310. The third-order valence-corrected chi connectivity index (χ3v) is 5.74. The smallest absolute Gasteiger partial charge is 0.253 e. The van der Waals surface area contributed by atoms with Gasteiger partial charge in [-0.1, -0.05) is 48.5 Å². The van der Waals surface area contributed by atoms with Crippen LogP contribution >= 0.6 is 0 Å². The third kappa shape index (κ3) is 5.45.